The molecule has 0 aromatic carbocycles. The summed E-state index contributed by atoms with van der Waals surface area (Å²) in [7, 11) is 0. The summed E-state index contributed by atoms with van der Waals surface area (Å²) in [5.74, 6) is -6.70. The molecule has 0 aliphatic carbocycles. The third-order valence-corrected chi connectivity index (χ3v) is 9.90. The predicted molar refractivity (Wildman–Crippen MR) is 173 cm³/mol. The smallest absolute Gasteiger partial charge is 0.364 e. The van der Waals surface area contributed by atoms with Crippen molar-refractivity contribution in [2.24, 2.45) is 0 Å². The van der Waals surface area contributed by atoms with E-state index in [1.54, 1.807) is 0 Å². The summed E-state index contributed by atoms with van der Waals surface area (Å²) in [4.78, 5) is 37.2. The van der Waals surface area contributed by atoms with Crippen molar-refractivity contribution in [3.63, 3.8) is 0 Å². The summed E-state index contributed by atoms with van der Waals surface area (Å²) in [5, 5.41) is 141. The van der Waals surface area contributed by atoms with Gasteiger partial charge < -0.3 is 110 Å². The minimum atomic E-state index is -3.11. The van der Waals surface area contributed by atoms with Gasteiger partial charge in [-0.15, -0.1) is 0 Å². The molecule has 324 valence electrons. The van der Waals surface area contributed by atoms with Crippen LogP contribution < -0.4 is 10.6 Å². The number of carbonyl (C=O) groups is 3. The fourth-order valence-corrected chi connectivity index (χ4v) is 7.00. The Bertz CT molecular complexity index is 1320. The number of carbonyl (C=O) groups excluding carboxylic acids is 2. The highest BCUT2D eigenvalue weighted by Gasteiger charge is 2.60. The number of amides is 2. The van der Waals surface area contributed by atoms with Crippen molar-refractivity contribution in [3.05, 3.63) is 0 Å². The van der Waals surface area contributed by atoms with Crippen molar-refractivity contribution in [1.82, 2.24) is 10.6 Å². The van der Waals surface area contributed by atoms with E-state index in [1.165, 1.54) is 0 Å². The number of hydrogen-bond donors (Lipinski definition) is 15. The molecule has 0 spiro atoms. The molecule has 0 aromatic heterocycles. The van der Waals surface area contributed by atoms with Crippen LogP contribution in [0.2, 0.25) is 0 Å². The molecule has 0 unspecified atom stereocenters. The summed E-state index contributed by atoms with van der Waals surface area (Å²) in [6, 6.07) is -3.23. The van der Waals surface area contributed by atoms with Crippen LogP contribution in [0.4, 0.5) is 0 Å². The Kier molecular flexibility index (Phi) is 16.2. The molecule has 0 radical (unpaired) electrons. The molecule has 0 aromatic rings. The molecule has 4 fully saturated rings. The lowest BCUT2D eigenvalue weighted by Gasteiger charge is -2.51. The highest BCUT2D eigenvalue weighted by Crippen LogP contribution is 2.38. The van der Waals surface area contributed by atoms with E-state index in [9.17, 15) is 80.8 Å². The lowest BCUT2D eigenvalue weighted by molar-refractivity contribution is -0.383. The van der Waals surface area contributed by atoms with Crippen LogP contribution in [0.1, 0.15) is 20.3 Å². The van der Waals surface area contributed by atoms with Crippen LogP contribution in [0.3, 0.4) is 0 Å². The summed E-state index contributed by atoms with van der Waals surface area (Å²) < 4.78 is 39.4. The lowest BCUT2D eigenvalue weighted by Crippen LogP contribution is -2.71. The van der Waals surface area contributed by atoms with Gasteiger partial charge in [0.25, 0.3) is 5.79 Å². The Morgan fingerprint density at radius 1 is 0.714 bits per heavy atom. The molecule has 0 saturated carbocycles. The van der Waals surface area contributed by atoms with Crippen LogP contribution in [0, 0.1) is 0 Å². The number of rotatable bonds is 15. The van der Waals surface area contributed by atoms with Crippen LogP contribution in [0.25, 0.3) is 0 Å². The van der Waals surface area contributed by atoms with Gasteiger partial charge in [-0.1, -0.05) is 0 Å². The van der Waals surface area contributed by atoms with Gasteiger partial charge in [0, 0.05) is 20.3 Å². The molecule has 15 N–H and O–H groups in total. The van der Waals surface area contributed by atoms with E-state index in [0.717, 1.165) is 13.8 Å². The first-order chi connectivity index (χ1) is 26.3. The molecule has 25 nitrogen and oxygen atoms in total. The first-order valence-electron chi connectivity index (χ1n) is 17.6. The molecule has 20 atom stereocenters. The van der Waals surface area contributed by atoms with E-state index in [0.29, 0.717) is 0 Å². The van der Waals surface area contributed by atoms with Gasteiger partial charge in [-0.05, 0) is 0 Å². The maximum Gasteiger partial charge on any atom is 0.364 e. The molecule has 4 saturated heterocycles. The molecule has 0 bridgehead atoms. The molecule has 4 rings (SSSR count). The SMILES string of the molecule is CC(=O)N[C@H]1[C@H](O[C@H]2[C@@H](O)[C@@H](CO)OC[C@@H]2O)O[C@H](CO)[C@@H](O)[C@@H]1O[C@@H]1O[C@H](CO)[C@H](O)[C@H](O[C@]2(C(=O)O)C[C@H](O)[C@@H](NC(C)=O)[C@H]([C@H](O)[C@H](O)CO)O2)[C@H]1O. The second-order valence-electron chi connectivity index (χ2n) is 13.9. The zero-order valence-electron chi connectivity index (χ0n) is 30.1. The van der Waals surface area contributed by atoms with E-state index in [2.05, 4.69) is 10.6 Å². The first kappa shape index (κ1) is 46.3. The molecule has 2 amide bonds. The maximum absolute atomic E-state index is 12.8. The van der Waals surface area contributed by atoms with Gasteiger partial charge >= 0.3 is 5.97 Å². The molecule has 4 heterocycles. The molecule has 25 heteroatoms. The highest BCUT2D eigenvalue weighted by atomic mass is 16.8. The van der Waals surface area contributed by atoms with Crippen molar-refractivity contribution in [2.45, 2.75) is 142 Å². The fraction of sp³-hybridized carbons (Fsp3) is 0.903. The Labute approximate surface area is 317 Å². The Balaban J connectivity index is 1.68. The van der Waals surface area contributed by atoms with Crippen molar-refractivity contribution in [2.75, 3.05) is 33.0 Å². The topological polar surface area (TPSA) is 403 Å². The second kappa shape index (κ2) is 19.6. The first-order valence-corrected chi connectivity index (χ1v) is 17.6. The zero-order chi connectivity index (χ0) is 41.8. The zero-order valence-corrected chi connectivity index (χ0v) is 30.1. The van der Waals surface area contributed by atoms with Crippen molar-refractivity contribution < 1.29 is 114 Å². The summed E-state index contributed by atoms with van der Waals surface area (Å²) in [5.41, 5.74) is 0. The average Bonchev–Trinajstić information content (AvgIpc) is 3.14. The quantitative estimate of drug-likeness (QED) is 0.0729. The normalized spacial score (nSPS) is 44.4. The van der Waals surface area contributed by atoms with E-state index in [1.807, 2.05) is 0 Å². The van der Waals surface area contributed by atoms with E-state index in [-0.39, 0.29) is 0 Å². The molecular weight excluding hydrogens is 768 g/mol. The second-order valence-corrected chi connectivity index (χ2v) is 13.9. The van der Waals surface area contributed by atoms with Gasteiger partial charge in [-0.2, -0.15) is 0 Å². The van der Waals surface area contributed by atoms with Crippen LogP contribution >= 0.6 is 0 Å². The number of nitrogens with one attached hydrogen (secondary N) is 2. The number of aliphatic carboxylic acids is 1. The Hall–Kier alpha value is -2.35. The Morgan fingerprint density at radius 2 is 1.23 bits per heavy atom. The molecule has 4 aliphatic rings. The van der Waals surface area contributed by atoms with Crippen LogP contribution in [0.5, 0.6) is 0 Å². The van der Waals surface area contributed by atoms with Gasteiger partial charge in [0.1, 0.15) is 91.5 Å². The van der Waals surface area contributed by atoms with Crippen LogP contribution in [0.15, 0.2) is 0 Å². The average molecular weight is 821 g/mol. The van der Waals surface area contributed by atoms with Gasteiger partial charge in [0.05, 0.1) is 45.2 Å². The molecular formula is C31H52N2O23. The standard InChI is InChI=1S/C31H52N2O23/c1-9(38)32-17-11(40)3-31(30(48)49,55-26(17)19(43)12(41)4-34)56-27-22(46)16(7-37)52-29(23(27)47)54-25-18(33-10(2)39)28(51-15(6-36)21(25)45)53-24-13(42)8-50-14(5-35)20(24)44/h11-29,34-37,40-47H,3-8H2,1-2H3,(H,32,38)(H,33,39)(H,48,49)/t11-,12+,13-,14+,15+,16+,17+,18+,19+,20-,21+,22-,23+,24+,25+,26+,27-,28-,29-,31-/m0/s1. The summed E-state index contributed by atoms with van der Waals surface area (Å²) in [6.45, 7) is -2.11. The van der Waals surface area contributed by atoms with Crippen molar-refractivity contribution in [3.8, 4) is 0 Å². The number of ether oxygens (including phenoxy) is 7. The van der Waals surface area contributed by atoms with E-state index in [4.69, 9.17) is 33.2 Å². The molecule has 4 aliphatic heterocycles. The number of aliphatic hydroxyl groups is 12. The van der Waals surface area contributed by atoms with Crippen LogP contribution in [-0.2, 0) is 47.5 Å². The summed E-state index contributed by atoms with van der Waals surface area (Å²) >= 11 is 0. The largest absolute Gasteiger partial charge is 0.477 e. The van der Waals surface area contributed by atoms with Gasteiger partial charge in [0.15, 0.2) is 12.6 Å². The molecule has 56 heavy (non-hydrogen) atoms. The fourth-order valence-electron chi connectivity index (χ4n) is 7.00. The number of carboxylic acid groups (broad SMARTS) is 1. The highest BCUT2D eigenvalue weighted by molar-refractivity contribution is 5.76. The van der Waals surface area contributed by atoms with E-state index >= 15 is 0 Å². The number of carboxylic acids is 1. The number of hydrogen-bond acceptors (Lipinski definition) is 22. The minimum absolute atomic E-state index is 0.418. The van der Waals surface area contributed by atoms with Gasteiger partial charge in [-0.25, -0.2) is 4.79 Å². The minimum Gasteiger partial charge on any atom is -0.477 e. The van der Waals surface area contributed by atoms with Gasteiger partial charge in [-0.3, -0.25) is 9.59 Å². The number of aliphatic hydroxyl groups excluding tert-OH is 12. The summed E-state index contributed by atoms with van der Waals surface area (Å²) in [6.07, 6.45) is -32.8. The van der Waals surface area contributed by atoms with Gasteiger partial charge in [0.2, 0.25) is 11.8 Å². The maximum atomic E-state index is 12.8. The van der Waals surface area contributed by atoms with E-state index < -0.39 is 179 Å². The monoisotopic (exact) mass is 820 g/mol. The van der Waals surface area contributed by atoms with Crippen molar-refractivity contribution in [1.29, 1.82) is 0 Å². The predicted octanol–water partition coefficient (Wildman–Crippen LogP) is -9.57. The third kappa shape index (κ3) is 9.91. The van der Waals surface area contributed by atoms with Crippen molar-refractivity contribution >= 4 is 17.8 Å². The lowest BCUT2D eigenvalue weighted by atomic mass is 9.88. The van der Waals surface area contributed by atoms with Crippen LogP contribution in [-0.4, -0.2) is 239 Å². The third-order valence-electron chi connectivity index (χ3n) is 9.90. The Morgan fingerprint density at radius 3 is 1.77 bits per heavy atom.